The minimum atomic E-state index is 1.07. The maximum atomic E-state index is 2.46. The van der Waals surface area contributed by atoms with E-state index in [1.807, 2.05) is 0 Å². The highest BCUT2D eigenvalue weighted by molar-refractivity contribution is 6.21. The minimum absolute atomic E-state index is 1.07. The normalized spacial score (nSPS) is 12.7. The van der Waals surface area contributed by atoms with Crippen molar-refractivity contribution < 1.29 is 0 Å². The van der Waals surface area contributed by atoms with Gasteiger partial charge in [-0.25, -0.2) is 0 Å². The number of para-hydroxylation sites is 3. The van der Waals surface area contributed by atoms with Crippen LogP contribution in [0.25, 0.3) is 66.1 Å². The summed E-state index contributed by atoms with van der Waals surface area (Å²) in [4.78, 5) is 2.42. The van der Waals surface area contributed by atoms with Crippen LogP contribution in [-0.4, -0.2) is 4.57 Å². The molecule has 0 fully saturated rings. The van der Waals surface area contributed by atoms with Crippen LogP contribution in [0.4, 0.5) is 17.1 Å². The van der Waals surface area contributed by atoms with Gasteiger partial charge in [-0.3, -0.25) is 0 Å². The predicted octanol–water partition coefficient (Wildman–Crippen LogP) is 14.5. The molecule has 0 atom stereocenters. The lowest BCUT2D eigenvalue weighted by atomic mass is 9.96. The molecule has 0 N–H and O–H groups in total. The average molecular weight is 691 g/mol. The molecule has 9 aromatic rings. The van der Waals surface area contributed by atoms with E-state index in [1.54, 1.807) is 0 Å². The van der Waals surface area contributed by atoms with Crippen LogP contribution in [0.5, 0.6) is 0 Å². The number of hydrogen-bond donors (Lipinski definition) is 0. The van der Waals surface area contributed by atoms with Crippen molar-refractivity contribution in [3.63, 3.8) is 0 Å². The van der Waals surface area contributed by atoms with Crippen molar-refractivity contribution in [2.24, 2.45) is 0 Å². The van der Waals surface area contributed by atoms with Crippen molar-refractivity contribution in [3.05, 3.63) is 212 Å². The van der Waals surface area contributed by atoms with Gasteiger partial charge in [0.05, 0.1) is 22.4 Å². The number of anilines is 3. The van der Waals surface area contributed by atoms with Gasteiger partial charge in [0.2, 0.25) is 0 Å². The molecule has 54 heavy (non-hydrogen) atoms. The lowest BCUT2D eigenvalue weighted by Gasteiger charge is -2.29. The van der Waals surface area contributed by atoms with E-state index in [4.69, 9.17) is 0 Å². The van der Waals surface area contributed by atoms with Gasteiger partial charge in [0, 0.05) is 33.3 Å². The van der Waals surface area contributed by atoms with Crippen LogP contribution in [0.1, 0.15) is 18.4 Å². The molecule has 0 unspecified atom stereocenters. The molecule has 0 bridgehead atoms. The SMILES string of the molecule is C1=CCCC(c2ccc(N(c3ccc(-c4ccccc4)cc3)c3ccccc3-c3ccccc3-n3c4ccccc4c4c5ccccc5ccc43)cc2)=C1. The molecular formula is C52H38N2. The Balaban J connectivity index is 1.17. The Labute approximate surface area is 316 Å². The van der Waals surface area contributed by atoms with E-state index in [9.17, 15) is 0 Å². The van der Waals surface area contributed by atoms with Crippen LogP contribution in [0.15, 0.2) is 206 Å². The first-order valence-electron chi connectivity index (χ1n) is 18.8. The molecule has 0 saturated heterocycles. The minimum Gasteiger partial charge on any atom is -0.310 e. The fourth-order valence-corrected chi connectivity index (χ4v) is 8.32. The van der Waals surface area contributed by atoms with Crippen LogP contribution >= 0.6 is 0 Å². The third-order valence-electron chi connectivity index (χ3n) is 10.9. The van der Waals surface area contributed by atoms with Crippen molar-refractivity contribution in [1.29, 1.82) is 0 Å². The van der Waals surface area contributed by atoms with E-state index in [1.165, 1.54) is 60.4 Å². The second-order valence-corrected chi connectivity index (χ2v) is 14.0. The second-order valence-electron chi connectivity index (χ2n) is 14.0. The summed E-state index contributed by atoms with van der Waals surface area (Å²) in [5, 5.41) is 5.07. The lowest BCUT2D eigenvalue weighted by molar-refractivity contribution is 1.05. The number of fused-ring (bicyclic) bond motifs is 5. The first kappa shape index (κ1) is 31.8. The number of benzene rings is 8. The largest absolute Gasteiger partial charge is 0.310 e. The molecule has 0 aliphatic heterocycles. The number of nitrogens with zero attached hydrogens (tertiary/aromatic N) is 2. The molecule has 8 aromatic carbocycles. The Morgan fingerprint density at radius 2 is 1.07 bits per heavy atom. The first-order chi connectivity index (χ1) is 26.8. The van der Waals surface area contributed by atoms with E-state index in [2.05, 4.69) is 216 Å². The van der Waals surface area contributed by atoms with Crippen molar-refractivity contribution in [2.45, 2.75) is 12.8 Å². The molecule has 1 aliphatic carbocycles. The summed E-state index contributed by atoms with van der Waals surface area (Å²) < 4.78 is 2.46. The van der Waals surface area contributed by atoms with Gasteiger partial charge in [0.25, 0.3) is 0 Å². The average Bonchev–Trinajstić information content (AvgIpc) is 3.60. The monoisotopic (exact) mass is 690 g/mol. The molecule has 1 aliphatic rings. The summed E-state index contributed by atoms with van der Waals surface area (Å²) in [6.07, 6.45) is 8.83. The van der Waals surface area contributed by atoms with Gasteiger partial charge in [0.15, 0.2) is 0 Å². The molecule has 1 aromatic heterocycles. The summed E-state index contributed by atoms with van der Waals surface area (Å²) in [6.45, 7) is 0. The molecule has 0 spiro atoms. The molecule has 0 amide bonds. The molecule has 2 nitrogen and oxygen atoms in total. The summed E-state index contributed by atoms with van der Waals surface area (Å²) >= 11 is 0. The lowest BCUT2D eigenvalue weighted by Crippen LogP contribution is -2.11. The van der Waals surface area contributed by atoms with Crippen LogP contribution < -0.4 is 4.90 Å². The Kier molecular flexibility index (Phi) is 8.00. The summed E-state index contributed by atoms with van der Waals surface area (Å²) in [5.41, 5.74) is 14.3. The molecule has 10 rings (SSSR count). The summed E-state index contributed by atoms with van der Waals surface area (Å²) in [7, 11) is 0. The smallest absolute Gasteiger partial charge is 0.0547 e. The van der Waals surface area contributed by atoms with E-state index < -0.39 is 0 Å². The quantitative estimate of drug-likeness (QED) is 0.162. The zero-order valence-corrected chi connectivity index (χ0v) is 29.9. The Hall–Kier alpha value is -6.90. The van der Waals surface area contributed by atoms with Crippen LogP contribution in [0.3, 0.4) is 0 Å². The van der Waals surface area contributed by atoms with Gasteiger partial charge in [-0.15, -0.1) is 0 Å². The molecule has 256 valence electrons. The highest BCUT2D eigenvalue weighted by Crippen LogP contribution is 2.45. The van der Waals surface area contributed by atoms with E-state index in [-0.39, 0.29) is 0 Å². The van der Waals surface area contributed by atoms with Gasteiger partial charge in [-0.1, -0.05) is 158 Å². The maximum Gasteiger partial charge on any atom is 0.0547 e. The fraction of sp³-hybridized carbons (Fsp3) is 0.0385. The second kappa shape index (κ2) is 13.6. The Morgan fingerprint density at radius 1 is 0.444 bits per heavy atom. The standard InChI is InChI=1S/C52H38N2/c1-3-15-37(16-4-1)39-27-32-42(33-28-39)53(43-34-29-40(30-35-43)38-17-5-2-6-18-38)48-24-12-9-21-45(48)46-22-10-13-25-49(46)54-50-26-14-11-23-47(50)52-44-20-8-7-19-41(44)31-36-51(52)54/h1-5,7-17,19-36H,6,18H2. The number of allylic oxidation sites excluding steroid dienone is 4. The Bertz CT molecular complexity index is 2860. The topological polar surface area (TPSA) is 8.17 Å². The van der Waals surface area contributed by atoms with Crippen molar-refractivity contribution >= 4 is 55.2 Å². The number of rotatable bonds is 7. The van der Waals surface area contributed by atoms with Crippen LogP contribution in [0, 0.1) is 0 Å². The Morgan fingerprint density at radius 3 is 1.85 bits per heavy atom. The first-order valence-corrected chi connectivity index (χ1v) is 18.8. The molecular weight excluding hydrogens is 653 g/mol. The van der Waals surface area contributed by atoms with Gasteiger partial charge in [-0.2, -0.15) is 0 Å². The number of aromatic nitrogens is 1. The zero-order valence-electron chi connectivity index (χ0n) is 29.9. The molecule has 0 radical (unpaired) electrons. The zero-order chi connectivity index (χ0) is 35.8. The van der Waals surface area contributed by atoms with Gasteiger partial charge < -0.3 is 9.47 Å². The molecule has 0 saturated carbocycles. The van der Waals surface area contributed by atoms with Gasteiger partial charge in [0.1, 0.15) is 0 Å². The summed E-state index contributed by atoms with van der Waals surface area (Å²) in [6, 6.07) is 68.6. The van der Waals surface area contributed by atoms with Crippen LogP contribution in [-0.2, 0) is 0 Å². The van der Waals surface area contributed by atoms with Crippen molar-refractivity contribution in [3.8, 4) is 27.9 Å². The molecule has 1 heterocycles. The predicted molar refractivity (Wildman–Crippen MR) is 230 cm³/mol. The highest BCUT2D eigenvalue weighted by atomic mass is 15.1. The number of hydrogen-bond acceptors (Lipinski definition) is 1. The molecule has 2 heteroatoms. The van der Waals surface area contributed by atoms with E-state index in [0.717, 1.165) is 41.2 Å². The third-order valence-corrected chi connectivity index (χ3v) is 10.9. The maximum absolute atomic E-state index is 2.46. The van der Waals surface area contributed by atoms with Gasteiger partial charge in [-0.05, 0) is 94.4 Å². The van der Waals surface area contributed by atoms with E-state index in [0.29, 0.717) is 0 Å². The van der Waals surface area contributed by atoms with Crippen molar-refractivity contribution in [2.75, 3.05) is 4.90 Å². The summed E-state index contributed by atoms with van der Waals surface area (Å²) in [5.74, 6) is 0. The van der Waals surface area contributed by atoms with E-state index >= 15 is 0 Å². The highest BCUT2D eigenvalue weighted by Gasteiger charge is 2.22. The van der Waals surface area contributed by atoms with Gasteiger partial charge >= 0.3 is 0 Å². The van der Waals surface area contributed by atoms with Crippen LogP contribution in [0.2, 0.25) is 0 Å². The fourth-order valence-electron chi connectivity index (χ4n) is 8.32. The van der Waals surface area contributed by atoms with Crippen molar-refractivity contribution in [1.82, 2.24) is 4.57 Å². The third kappa shape index (κ3) is 5.52.